The van der Waals surface area contributed by atoms with E-state index in [1.807, 2.05) is 63.7 Å². The largest absolute Gasteiger partial charge is 0.495 e. The Labute approximate surface area is 215 Å². The number of anilines is 4. The highest BCUT2D eigenvalue weighted by Crippen LogP contribution is 2.36. The molecule has 0 saturated heterocycles. The lowest BCUT2D eigenvalue weighted by atomic mass is 10.1. The molecule has 36 heavy (non-hydrogen) atoms. The fourth-order valence-corrected chi connectivity index (χ4v) is 4.14. The summed E-state index contributed by atoms with van der Waals surface area (Å²) < 4.78 is 5.46. The molecule has 4 rings (SSSR count). The van der Waals surface area contributed by atoms with Crippen LogP contribution in [0.15, 0.2) is 48.8 Å². The van der Waals surface area contributed by atoms with Crippen LogP contribution < -0.4 is 20.3 Å². The van der Waals surface area contributed by atoms with Crippen LogP contribution in [0.25, 0.3) is 22.2 Å². The molecule has 2 aromatic heterocycles. The van der Waals surface area contributed by atoms with E-state index in [2.05, 4.69) is 30.4 Å². The molecule has 9 nitrogen and oxygen atoms in total. The number of methoxy groups -OCH3 is 1. The zero-order valence-corrected chi connectivity index (χ0v) is 21.8. The van der Waals surface area contributed by atoms with E-state index in [0.717, 1.165) is 46.7 Å². The Kier molecular flexibility index (Phi) is 7.61. The van der Waals surface area contributed by atoms with Crippen molar-refractivity contribution >= 4 is 51.4 Å². The summed E-state index contributed by atoms with van der Waals surface area (Å²) in [7, 11) is 7.70. The van der Waals surface area contributed by atoms with E-state index in [-0.39, 0.29) is 5.91 Å². The van der Waals surface area contributed by atoms with Gasteiger partial charge in [0.05, 0.1) is 40.9 Å². The quantitative estimate of drug-likeness (QED) is 0.293. The molecular weight excluding hydrogens is 478 g/mol. The third-order valence-electron chi connectivity index (χ3n) is 5.75. The van der Waals surface area contributed by atoms with E-state index >= 15 is 0 Å². The van der Waals surface area contributed by atoms with Gasteiger partial charge in [0.15, 0.2) is 0 Å². The minimum Gasteiger partial charge on any atom is -0.495 e. The summed E-state index contributed by atoms with van der Waals surface area (Å²) in [5.74, 6) is 0.978. The molecule has 4 aromatic rings. The van der Waals surface area contributed by atoms with Gasteiger partial charge in [-0.2, -0.15) is 0 Å². The van der Waals surface area contributed by atoms with Gasteiger partial charge in [-0.25, -0.2) is 9.97 Å². The molecule has 0 aliphatic carbocycles. The summed E-state index contributed by atoms with van der Waals surface area (Å²) in [6, 6.07) is 11.6. The van der Waals surface area contributed by atoms with Crippen LogP contribution in [0.3, 0.4) is 0 Å². The number of nitrogens with zero attached hydrogens (tertiary/aromatic N) is 4. The molecule has 2 heterocycles. The highest BCUT2D eigenvalue weighted by atomic mass is 35.5. The fraction of sp³-hybridized carbons (Fsp3) is 0.269. The molecule has 188 valence electrons. The van der Waals surface area contributed by atoms with E-state index in [0.29, 0.717) is 22.4 Å². The number of carbonyl (C=O) groups is 1. The first-order valence-electron chi connectivity index (χ1n) is 11.5. The number of hydrogen-bond acceptors (Lipinski definition) is 7. The third kappa shape index (κ3) is 5.53. The first-order valence-corrected chi connectivity index (χ1v) is 11.9. The van der Waals surface area contributed by atoms with Gasteiger partial charge in [-0.05, 0) is 38.4 Å². The Morgan fingerprint density at radius 3 is 2.69 bits per heavy atom. The highest BCUT2D eigenvalue weighted by molar-refractivity contribution is 6.33. The summed E-state index contributed by atoms with van der Waals surface area (Å²) in [6.45, 7) is 3.19. The van der Waals surface area contributed by atoms with Gasteiger partial charge < -0.3 is 30.2 Å². The van der Waals surface area contributed by atoms with Crippen molar-refractivity contribution < 1.29 is 9.53 Å². The number of nitrogens with one attached hydrogen (secondary N) is 3. The Bertz CT molecular complexity index is 1390. The summed E-state index contributed by atoms with van der Waals surface area (Å²) in [5, 5.41) is 7.55. The van der Waals surface area contributed by atoms with Crippen molar-refractivity contribution in [3.05, 3.63) is 53.8 Å². The molecule has 0 atom stereocenters. The minimum atomic E-state index is -0.144. The molecule has 0 radical (unpaired) electrons. The van der Waals surface area contributed by atoms with Gasteiger partial charge in [-0.3, -0.25) is 4.79 Å². The molecule has 0 saturated carbocycles. The second-order valence-electron chi connectivity index (χ2n) is 8.74. The second kappa shape index (κ2) is 10.8. The van der Waals surface area contributed by atoms with Crippen LogP contribution >= 0.6 is 11.6 Å². The van der Waals surface area contributed by atoms with Crippen LogP contribution in [-0.2, 0) is 4.79 Å². The van der Waals surface area contributed by atoms with Gasteiger partial charge >= 0.3 is 0 Å². The predicted octanol–water partition coefficient (Wildman–Crippen LogP) is 4.99. The molecule has 10 heteroatoms. The zero-order valence-electron chi connectivity index (χ0n) is 21.0. The van der Waals surface area contributed by atoms with Crippen molar-refractivity contribution in [3.8, 4) is 17.0 Å². The molecule has 0 spiro atoms. The monoisotopic (exact) mass is 507 g/mol. The number of halogens is 1. The number of fused-ring (bicyclic) bond motifs is 1. The predicted molar refractivity (Wildman–Crippen MR) is 147 cm³/mol. The first-order chi connectivity index (χ1) is 17.3. The lowest BCUT2D eigenvalue weighted by Crippen LogP contribution is -2.29. The normalized spacial score (nSPS) is 11.1. The van der Waals surface area contributed by atoms with E-state index < -0.39 is 0 Å². The third-order valence-corrected chi connectivity index (χ3v) is 6.03. The summed E-state index contributed by atoms with van der Waals surface area (Å²) in [6.07, 6.45) is 3.43. The number of hydrogen-bond donors (Lipinski definition) is 3. The number of likely N-dealkylation sites (N-methyl/N-ethyl adjacent to an activating group) is 2. The lowest BCUT2D eigenvalue weighted by Gasteiger charge is -2.24. The number of rotatable bonds is 9. The van der Waals surface area contributed by atoms with Crippen LogP contribution in [0.5, 0.6) is 5.75 Å². The van der Waals surface area contributed by atoms with E-state index in [1.165, 1.54) is 6.92 Å². The average molecular weight is 508 g/mol. The number of H-pyrrole nitrogens is 1. The molecule has 2 aromatic carbocycles. The SMILES string of the molecule is COc1cccc2c(-c3nc(Nc4ccc(N(C)CCN(C)C)c(NC(C)=O)c4)ncc3Cl)c[nH]c12. The highest BCUT2D eigenvalue weighted by Gasteiger charge is 2.16. The molecule has 1 amide bonds. The number of aromatic amines is 1. The zero-order chi connectivity index (χ0) is 25.8. The first kappa shape index (κ1) is 25.3. The standard InChI is InChI=1S/C26H30ClN7O2/c1-16(35)30-21-13-17(9-10-22(21)34(4)12-11-33(2)3)31-26-29-15-20(27)24(32-26)19-14-28-25-18(19)7-6-8-23(25)36-5/h6-10,13-15,28H,11-12H2,1-5H3,(H,30,35)(H,29,31,32). The smallest absolute Gasteiger partial charge is 0.227 e. The molecule has 0 aliphatic rings. The van der Waals surface area contributed by atoms with Crippen LogP contribution in [0, 0.1) is 0 Å². The minimum absolute atomic E-state index is 0.144. The second-order valence-corrected chi connectivity index (χ2v) is 9.15. The van der Waals surface area contributed by atoms with Gasteiger partial charge in [0.25, 0.3) is 0 Å². The maximum atomic E-state index is 11.9. The molecule has 0 fully saturated rings. The van der Waals surface area contributed by atoms with E-state index in [4.69, 9.17) is 21.3 Å². The number of para-hydroxylation sites is 1. The van der Waals surface area contributed by atoms with Gasteiger partial charge in [-0.15, -0.1) is 0 Å². The van der Waals surface area contributed by atoms with Gasteiger partial charge in [0.2, 0.25) is 11.9 Å². The number of carbonyl (C=O) groups excluding carboxylic acids is 1. The lowest BCUT2D eigenvalue weighted by molar-refractivity contribution is -0.114. The Hall–Kier alpha value is -3.82. The molecule has 3 N–H and O–H groups in total. The Morgan fingerprint density at radius 2 is 1.97 bits per heavy atom. The maximum absolute atomic E-state index is 11.9. The number of ether oxygens (including phenoxy) is 1. The van der Waals surface area contributed by atoms with Gasteiger partial charge in [0, 0.05) is 49.9 Å². The number of benzene rings is 2. The molecular formula is C26H30ClN7O2. The van der Waals surface area contributed by atoms with Gasteiger partial charge in [0.1, 0.15) is 5.75 Å². The number of aromatic nitrogens is 3. The number of amides is 1. The molecule has 0 bridgehead atoms. The summed E-state index contributed by atoms with van der Waals surface area (Å²) in [5.41, 5.74) is 4.66. The van der Waals surface area contributed by atoms with Crippen molar-refractivity contribution in [1.29, 1.82) is 0 Å². The van der Waals surface area contributed by atoms with Crippen LogP contribution in [0.4, 0.5) is 23.0 Å². The van der Waals surface area contributed by atoms with Crippen LogP contribution in [0.2, 0.25) is 5.02 Å². The Morgan fingerprint density at radius 1 is 1.17 bits per heavy atom. The van der Waals surface area contributed by atoms with Crippen LogP contribution in [-0.4, -0.2) is 67.1 Å². The van der Waals surface area contributed by atoms with E-state index in [9.17, 15) is 4.79 Å². The Balaban J connectivity index is 1.65. The van der Waals surface area contributed by atoms with E-state index in [1.54, 1.807) is 13.3 Å². The maximum Gasteiger partial charge on any atom is 0.227 e. The topological polar surface area (TPSA) is 98.4 Å². The van der Waals surface area contributed by atoms with Gasteiger partial charge in [-0.1, -0.05) is 23.7 Å². The van der Waals surface area contributed by atoms with Crippen molar-refractivity contribution in [2.24, 2.45) is 0 Å². The molecule has 0 unspecified atom stereocenters. The van der Waals surface area contributed by atoms with Crippen molar-refractivity contribution in [1.82, 2.24) is 19.9 Å². The van der Waals surface area contributed by atoms with Crippen molar-refractivity contribution in [3.63, 3.8) is 0 Å². The summed E-state index contributed by atoms with van der Waals surface area (Å²) in [4.78, 5) is 28.4. The fourth-order valence-electron chi connectivity index (χ4n) is 3.94. The van der Waals surface area contributed by atoms with Crippen molar-refractivity contribution in [2.75, 3.05) is 56.9 Å². The average Bonchev–Trinajstić information content (AvgIpc) is 3.27. The molecule has 0 aliphatic heterocycles. The summed E-state index contributed by atoms with van der Waals surface area (Å²) >= 11 is 6.50. The van der Waals surface area contributed by atoms with Crippen molar-refractivity contribution in [2.45, 2.75) is 6.92 Å². The van der Waals surface area contributed by atoms with Crippen LogP contribution in [0.1, 0.15) is 6.92 Å².